The Morgan fingerprint density at radius 2 is 1.76 bits per heavy atom. The van der Waals surface area contributed by atoms with Crippen molar-refractivity contribution in [1.29, 1.82) is 0 Å². The smallest absolute Gasteiger partial charge is 0.326 e. The first kappa shape index (κ1) is 15.8. The molecule has 0 aromatic rings. The van der Waals surface area contributed by atoms with Crippen LogP contribution in [0.2, 0.25) is 0 Å². The Hall–Kier alpha value is -1.24. The average molecular weight is 263 g/mol. The topological polar surface area (TPSA) is 104 Å². The van der Waals surface area contributed by atoms with Crippen LogP contribution in [0.5, 0.6) is 0 Å². The fourth-order valence-corrected chi connectivity index (χ4v) is 1.54. The van der Waals surface area contributed by atoms with Gasteiger partial charge in [0.05, 0.1) is 12.2 Å². The van der Waals surface area contributed by atoms with Gasteiger partial charge in [-0.3, -0.25) is 9.59 Å². The van der Waals surface area contributed by atoms with E-state index >= 15 is 0 Å². The minimum absolute atomic E-state index is 0.104. The normalized spacial score (nSPS) is 12.9. The van der Waals surface area contributed by atoms with E-state index in [1.54, 1.807) is 0 Å². The van der Waals surface area contributed by atoms with Crippen LogP contribution in [0.4, 0.5) is 0 Å². The second-order valence-corrected chi connectivity index (χ2v) is 6.26. The lowest BCUT2D eigenvalue weighted by molar-refractivity contribution is -0.147. The van der Waals surface area contributed by atoms with Gasteiger partial charge >= 0.3 is 11.9 Å². The molecule has 0 aliphatic carbocycles. The van der Waals surface area contributed by atoms with Crippen LogP contribution in [0.3, 0.4) is 0 Å². The van der Waals surface area contributed by atoms with E-state index < -0.39 is 30.3 Å². The molecule has 7 heteroatoms. The van der Waals surface area contributed by atoms with E-state index in [4.69, 9.17) is 10.2 Å². The summed E-state index contributed by atoms with van der Waals surface area (Å²) in [6, 6.07) is -1.37. The number of carbonyl (C=O) groups excluding carboxylic acids is 1. The molecule has 98 valence electrons. The number of rotatable bonds is 6. The minimum atomic E-state index is -1.37. The van der Waals surface area contributed by atoms with Gasteiger partial charge in [0.2, 0.25) is 5.91 Å². The third-order valence-electron chi connectivity index (χ3n) is 1.65. The summed E-state index contributed by atoms with van der Waals surface area (Å²) >= 11 is 1.36. The van der Waals surface area contributed by atoms with E-state index in [9.17, 15) is 14.4 Å². The van der Waals surface area contributed by atoms with E-state index in [2.05, 4.69) is 5.32 Å². The van der Waals surface area contributed by atoms with Gasteiger partial charge in [0.15, 0.2) is 0 Å². The van der Waals surface area contributed by atoms with E-state index in [-0.39, 0.29) is 10.5 Å². The zero-order chi connectivity index (χ0) is 13.6. The third-order valence-corrected chi connectivity index (χ3v) is 2.92. The SMILES string of the molecule is CC(C)(C)SCC(=O)N[C@@H](CC(=O)O)C(=O)O. The molecule has 0 heterocycles. The fourth-order valence-electron chi connectivity index (χ4n) is 0.893. The van der Waals surface area contributed by atoms with Gasteiger partial charge in [-0.1, -0.05) is 20.8 Å². The van der Waals surface area contributed by atoms with Gasteiger partial charge in [-0.05, 0) is 0 Å². The van der Waals surface area contributed by atoms with Crippen LogP contribution in [0.1, 0.15) is 27.2 Å². The van der Waals surface area contributed by atoms with Gasteiger partial charge in [-0.15, -0.1) is 11.8 Å². The Balaban J connectivity index is 4.22. The maximum absolute atomic E-state index is 11.4. The summed E-state index contributed by atoms with van der Waals surface area (Å²) < 4.78 is -0.108. The molecule has 0 rings (SSSR count). The molecule has 0 unspecified atom stereocenters. The van der Waals surface area contributed by atoms with Crippen LogP contribution in [-0.2, 0) is 14.4 Å². The maximum Gasteiger partial charge on any atom is 0.326 e. The summed E-state index contributed by atoms with van der Waals surface area (Å²) in [5.74, 6) is -2.98. The molecule has 0 aromatic carbocycles. The Morgan fingerprint density at radius 3 is 2.12 bits per heavy atom. The van der Waals surface area contributed by atoms with E-state index in [0.717, 1.165) is 0 Å². The zero-order valence-corrected chi connectivity index (χ0v) is 10.8. The van der Waals surface area contributed by atoms with Crippen molar-refractivity contribution in [1.82, 2.24) is 5.32 Å². The summed E-state index contributed by atoms with van der Waals surface area (Å²) in [5, 5.41) is 19.4. The first-order valence-electron chi connectivity index (χ1n) is 5.00. The summed E-state index contributed by atoms with van der Waals surface area (Å²) in [5.41, 5.74) is 0. The molecule has 0 aliphatic rings. The van der Waals surface area contributed by atoms with Gasteiger partial charge < -0.3 is 15.5 Å². The predicted octanol–water partition coefficient (Wildman–Crippen LogP) is 0.562. The summed E-state index contributed by atoms with van der Waals surface area (Å²) in [4.78, 5) is 32.5. The predicted molar refractivity (Wildman–Crippen MR) is 64.0 cm³/mol. The Kier molecular flexibility index (Phi) is 6.01. The Bertz CT molecular complexity index is 310. The molecule has 1 amide bonds. The molecule has 0 fully saturated rings. The van der Waals surface area contributed by atoms with Crippen molar-refractivity contribution < 1.29 is 24.6 Å². The molecule has 3 N–H and O–H groups in total. The molecular formula is C10H17NO5S. The maximum atomic E-state index is 11.4. The van der Waals surface area contributed by atoms with Crippen LogP contribution in [0, 0.1) is 0 Å². The molecule has 0 spiro atoms. The molecule has 0 aromatic heterocycles. The van der Waals surface area contributed by atoms with Crippen molar-refractivity contribution in [3.05, 3.63) is 0 Å². The number of hydrogen-bond acceptors (Lipinski definition) is 4. The average Bonchev–Trinajstić information content (AvgIpc) is 2.11. The molecule has 0 bridgehead atoms. The first-order chi connectivity index (χ1) is 7.61. The number of carboxylic acid groups (broad SMARTS) is 2. The number of carboxylic acids is 2. The van der Waals surface area contributed by atoms with E-state index in [0.29, 0.717) is 0 Å². The van der Waals surface area contributed by atoms with Gasteiger partial charge in [0.25, 0.3) is 0 Å². The molecule has 17 heavy (non-hydrogen) atoms. The number of nitrogens with one attached hydrogen (secondary N) is 1. The van der Waals surface area contributed by atoms with E-state index in [1.165, 1.54) is 11.8 Å². The van der Waals surface area contributed by atoms with Gasteiger partial charge in [0, 0.05) is 4.75 Å². The number of aliphatic carboxylic acids is 2. The standard InChI is InChI=1S/C10H17NO5S/c1-10(2,3)17-5-7(12)11-6(9(15)16)4-8(13)14/h6H,4-5H2,1-3H3,(H,11,12)(H,13,14)(H,15,16)/t6-/m0/s1. The van der Waals surface area contributed by atoms with Crippen molar-refractivity contribution in [3.8, 4) is 0 Å². The van der Waals surface area contributed by atoms with E-state index in [1.807, 2.05) is 20.8 Å². The summed E-state index contributed by atoms with van der Waals surface area (Å²) in [7, 11) is 0. The van der Waals surface area contributed by atoms with Gasteiger partial charge in [-0.2, -0.15) is 0 Å². The van der Waals surface area contributed by atoms with Crippen LogP contribution < -0.4 is 5.32 Å². The Labute approximate surface area is 104 Å². The Morgan fingerprint density at radius 1 is 1.24 bits per heavy atom. The lowest BCUT2D eigenvalue weighted by atomic mass is 10.2. The molecule has 0 saturated heterocycles. The summed E-state index contributed by atoms with van der Waals surface area (Å²) in [6.45, 7) is 5.78. The third kappa shape index (κ3) is 8.56. The van der Waals surface area contributed by atoms with Crippen molar-refractivity contribution in [2.45, 2.75) is 38.0 Å². The highest BCUT2D eigenvalue weighted by molar-refractivity contribution is 8.01. The van der Waals surface area contributed by atoms with Crippen molar-refractivity contribution in [3.63, 3.8) is 0 Å². The van der Waals surface area contributed by atoms with Crippen LogP contribution >= 0.6 is 11.8 Å². The largest absolute Gasteiger partial charge is 0.481 e. The first-order valence-corrected chi connectivity index (χ1v) is 5.98. The van der Waals surface area contributed by atoms with Crippen LogP contribution in [-0.4, -0.2) is 44.6 Å². The molecule has 0 aliphatic heterocycles. The fraction of sp³-hybridized carbons (Fsp3) is 0.700. The van der Waals surface area contributed by atoms with Crippen molar-refractivity contribution in [2.75, 3.05) is 5.75 Å². The molecule has 0 radical (unpaired) electrons. The van der Waals surface area contributed by atoms with Crippen LogP contribution in [0.25, 0.3) is 0 Å². The lowest BCUT2D eigenvalue weighted by Crippen LogP contribution is -2.43. The number of hydrogen-bond donors (Lipinski definition) is 3. The van der Waals surface area contributed by atoms with Crippen LogP contribution in [0.15, 0.2) is 0 Å². The molecular weight excluding hydrogens is 246 g/mol. The number of thioether (sulfide) groups is 1. The quantitative estimate of drug-likeness (QED) is 0.647. The number of carbonyl (C=O) groups is 3. The second kappa shape index (κ2) is 6.48. The highest BCUT2D eigenvalue weighted by Gasteiger charge is 2.23. The highest BCUT2D eigenvalue weighted by atomic mass is 32.2. The second-order valence-electron chi connectivity index (χ2n) is 4.46. The molecule has 0 saturated carbocycles. The summed E-state index contributed by atoms with van der Waals surface area (Å²) in [6.07, 6.45) is -0.624. The highest BCUT2D eigenvalue weighted by Crippen LogP contribution is 2.22. The van der Waals surface area contributed by atoms with Crippen molar-refractivity contribution in [2.24, 2.45) is 0 Å². The lowest BCUT2D eigenvalue weighted by Gasteiger charge is -2.18. The molecule has 1 atom stereocenters. The molecule has 6 nitrogen and oxygen atoms in total. The number of amides is 1. The van der Waals surface area contributed by atoms with Gasteiger partial charge in [0.1, 0.15) is 6.04 Å². The monoisotopic (exact) mass is 263 g/mol. The zero-order valence-electron chi connectivity index (χ0n) is 10.0. The van der Waals surface area contributed by atoms with Gasteiger partial charge in [-0.25, -0.2) is 4.79 Å². The minimum Gasteiger partial charge on any atom is -0.481 e. The van der Waals surface area contributed by atoms with Crippen molar-refractivity contribution >= 4 is 29.6 Å².